The molecule has 2 saturated heterocycles. The number of aromatic amines is 1. The van der Waals surface area contributed by atoms with Gasteiger partial charge in [-0.15, -0.1) is 0 Å². The minimum absolute atomic E-state index is 0.0610. The van der Waals surface area contributed by atoms with Crippen LogP contribution in [0, 0.1) is 5.92 Å². The third-order valence-electron chi connectivity index (χ3n) is 6.26. The van der Waals surface area contributed by atoms with E-state index in [1.807, 2.05) is 39.0 Å². The van der Waals surface area contributed by atoms with E-state index in [1.165, 1.54) is 0 Å². The summed E-state index contributed by atoms with van der Waals surface area (Å²) in [7, 11) is 0. The van der Waals surface area contributed by atoms with E-state index in [1.54, 1.807) is 4.90 Å². The summed E-state index contributed by atoms with van der Waals surface area (Å²) in [6.07, 6.45) is 3.02. The smallest absolute Gasteiger partial charge is 0.410 e. The molecule has 0 spiro atoms. The molecular weight excluding hydrogens is 418 g/mol. The quantitative estimate of drug-likeness (QED) is 0.735. The second kappa shape index (κ2) is 9.85. The molecule has 1 aromatic carbocycles. The van der Waals surface area contributed by atoms with Gasteiger partial charge in [0.05, 0.1) is 5.69 Å². The Morgan fingerprint density at radius 1 is 1.09 bits per heavy atom. The highest BCUT2D eigenvalue weighted by atomic mass is 16.6. The van der Waals surface area contributed by atoms with Gasteiger partial charge in [0.15, 0.2) is 5.82 Å². The minimum atomic E-state index is -0.506. The van der Waals surface area contributed by atoms with Gasteiger partial charge in [0.25, 0.3) is 0 Å². The van der Waals surface area contributed by atoms with Gasteiger partial charge in [-0.05, 0) is 52.0 Å². The Morgan fingerprint density at radius 3 is 2.52 bits per heavy atom. The van der Waals surface area contributed by atoms with Gasteiger partial charge in [0.1, 0.15) is 5.60 Å². The molecule has 0 unspecified atom stereocenters. The van der Waals surface area contributed by atoms with E-state index in [-0.39, 0.29) is 24.0 Å². The number of likely N-dealkylation sites (tertiary alicyclic amines) is 1. The second-order valence-electron chi connectivity index (χ2n) is 10.0. The summed E-state index contributed by atoms with van der Waals surface area (Å²) in [4.78, 5) is 29.1. The number of amides is 2. The van der Waals surface area contributed by atoms with Gasteiger partial charge in [-0.1, -0.05) is 30.3 Å². The lowest BCUT2D eigenvalue weighted by atomic mass is 9.95. The van der Waals surface area contributed by atoms with Crippen molar-refractivity contribution in [1.82, 2.24) is 20.4 Å². The van der Waals surface area contributed by atoms with Crippen molar-refractivity contribution in [3.8, 4) is 11.3 Å². The molecule has 1 atom stereocenters. The Morgan fingerprint density at radius 2 is 1.82 bits per heavy atom. The normalized spacial score (nSPS) is 19.9. The molecule has 2 aliphatic rings. The number of piperidine rings is 2. The van der Waals surface area contributed by atoms with Crippen LogP contribution in [0.2, 0.25) is 0 Å². The zero-order valence-electron chi connectivity index (χ0n) is 19.8. The Bertz CT molecular complexity index is 944. The van der Waals surface area contributed by atoms with Crippen LogP contribution in [0.5, 0.6) is 0 Å². The molecule has 3 heterocycles. The maximum atomic E-state index is 12.9. The number of rotatable bonds is 4. The van der Waals surface area contributed by atoms with Crippen molar-refractivity contribution in [2.75, 3.05) is 31.1 Å². The van der Waals surface area contributed by atoms with Gasteiger partial charge in [-0.2, -0.15) is 5.10 Å². The van der Waals surface area contributed by atoms with Crippen molar-refractivity contribution < 1.29 is 14.3 Å². The molecule has 33 heavy (non-hydrogen) atoms. The van der Waals surface area contributed by atoms with Crippen LogP contribution in [-0.2, 0) is 9.53 Å². The highest BCUT2D eigenvalue weighted by Gasteiger charge is 2.31. The topological polar surface area (TPSA) is 90.6 Å². The predicted octanol–water partition coefficient (Wildman–Crippen LogP) is 3.81. The van der Waals surface area contributed by atoms with Crippen LogP contribution in [0.25, 0.3) is 11.3 Å². The van der Waals surface area contributed by atoms with Crippen LogP contribution in [0.3, 0.4) is 0 Å². The third-order valence-corrected chi connectivity index (χ3v) is 6.26. The summed E-state index contributed by atoms with van der Waals surface area (Å²) in [5.74, 6) is 0.949. The lowest BCUT2D eigenvalue weighted by molar-refractivity contribution is -0.127. The monoisotopic (exact) mass is 453 g/mol. The van der Waals surface area contributed by atoms with Crippen LogP contribution in [-0.4, -0.2) is 64.9 Å². The number of aromatic nitrogens is 2. The lowest BCUT2D eigenvalue weighted by Crippen LogP contribution is -2.51. The number of anilines is 1. The Hall–Kier alpha value is -3.03. The highest BCUT2D eigenvalue weighted by molar-refractivity contribution is 5.79. The van der Waals surface area contributed by atoms with Crippen molar-refractivity contribution in [2.24, 2.45) is 5.92 Å². The van der Waals surface area contributed by atoms with Gasteiger partial charge < -0.3 is 19.9 Å². The Kier molecular flexibility index (Phi) is 6.91. The SMILES string of the molecule is CC(C)(C)OC(=O)N1CCC(C(=O)N[C@@H]2CCCN(c3cc(-c4ccccc4)[nH]n3)C2)CC1. The summed E-state index contributed by atoms with van der Waals surface area (Å²) in [5.41, 5.74) is 1.60. The summed E-state index contributed by atoms with van der Waals surface area (Å²) < 4.78 is 5.45. The first kappa shape index (κ1) is 23.1. The van der Waals surface area contributed by atoms with E-state index in [4.69, 9.17) is 4.74 Å². The van der Waals surface area contributed by atoms with Crippen molar-refractivity contribution in [2.45, 2.75) is 58.1 Å². The molecule has 2 N–H and O–H groups in total. The fourth-order valence-corrected chi connectivity index (χ4v) is 4.51. The maximum absolute atomic E-state index is 12.9. The van der Waals surface area contributed by atoms with Crippen molar-refractivity contribution >= 4 is 17.8 Å². The lowest BCUT2D eigenvalue weighted by Gasteiger charge is -2.36. The van der Waals surface area contributed by atoms with Crippen LogP contribution in [0.1, 0.15) is 46.5 Å². The van der Waals surface area contributed by atoms with Crippen LogP contribution < -0.4 is 10.2 Å². The number of hydrogen-bond acceptors (Lipinski definition) is 5. The first-order valence-corrected chi connectivity index (χ1v) is 11.9. The van der Waals surface area contributed by atoms with Crippen LogP contribution in [0.15, 0.2) is 36.4 Å². The van der Waals surface area contributed by atoms with Gasteiger partial charge in [0, 0.05) is 44.2 Å². The molecule has 178 valence electrons. The number of carbonyl (C=O) groups is 2. The molecule has 0 radical (unpaired) electrons. The van der Waals surface area contributed by atoms with Crippen LogP contribution in [0.4, 0.5) is 10.6 Å². The first-order valence-electron chi connectivity index (χ1n) is 11.9. The zero-order valence-corrected chi connectivity index (χ0v) is 19.8. The van der Waals surface area contributed by atoms with E-state index in [0.29, 0.717) is 25.9 Å². The number of ether oxygens (including phenoxy) is 1. The Balaban J connectivity index is 1.27. The standard InChI is InChI=1S/C25H35N5O3/c1-25(2,3)33-24(32)29-14-11-19(12-15-29)23(31)26-20-10-7-13-30(17-20)22-16-21(27-28-22)18-8-5-4-6-9-18/h4-6,8-9,16,19-20H,7,10-15,17H2,1-3H3,(H,26,31)(H,27,28)/t20-/m1/s1. The van der Waals surface area contributed by atoms with Crippen molar-refractivity contribution in [1.29, 1.82) is 0 Å². The Labute approximate surface area is 195 Å². The molecule has 0 saturated carbocycles. The third kappa shape index (κ3) is 6.06. The fraction of sp³-hybridized carbons (Fsp3) is 0.560. The molecule has 1 aromatic heterocycles. The number of H-pyrrole nitrogens is 1. The average Bonchev–Trinajstić information content (AvgIpc) is 3.29. The zero-order chi connectivity index (χ0) is 23.4. The van der Waals surface area contributed by atoms with E-state index in [9.17, 15) is 9.59 Å². The van der Waals surface area contributed by atoms with E-state index < -0.39 is 5.60 Å². The van der Waals surface area contributed by atoms with Gasteiger partial charge in [-0.25, -0.2) is 4.79 Å². The molecule has 8 heteroatoms. The molecule has 2 aliphatic heterocycles. The average molecular weight is 454 g/mol. The summed E-state index contributed by atoms with van der Waals surface area (Å²) in [5, 5.41) is 10.9. The summed E-state index contributed by atoms with van der Waals surface area (Å²) in [6.45, 7) is 8.39. The van der Waals surface area contributed by atoms with Crippen molar-refractivity contribution in [3.63, 3.8) is 0 Å². The number of nitrogens with one attached hydrogen (secondary N) is 2. The molecule has 8 nitrogen and oxygen atoms in total. The van der Waals surface area contributed by atoms with Crippen molar-refractivity contribution in [3.05, 3.63) is 36.4 Å². The summed E-state index contributed by atoms with van der Waals surface area (Å²) >= 11 is 0. The largest absolute Gasteiger partial charge is 0.444 e. The molecular formula is C25H35N5O3. The van der Waals surface area contributed by atoms with Gasteiger partial charge in [0.2, 0.25) is 5.91 Å². The van der Waals surface area contributed by atoms with Gasteiger partial charge >= 0.3 is 6.09 Å². The van der Waals surface area contributed by atoms with E-state index >= 15 is 0 Å². The fourth-order valence-electron chi connectivity index (χ4n) is 4.51. The number of nitrogens with zero attached hydrogens (tertiary/aromatic N) is 3. The molecule has 0 aliphatic carbocycles. The van der Waals surface area contributed by atoms with Crippen LogP contribution >= 0.6 is 0 Å². The molecule has 2 aromatic rings. The highest BCUT2D eigenvalue weighted by Crippen LogP contribution is 2.25. The molecule has 0 bridgehead atoms. The second-order valence-corrected chi connectivity index (χ2v) is 10.0. The maximum Gasteiger partial charge on any atom is 0.410 e. The molecule has 2 amide bonds. The minimum Gasteiger partial charge on any atom is -0.444 e. The number of benzene rings is 1. The number of carbonyl (C=O) groups excluding carboxylic acids is 2. The predicted molar refractivity (Wildman–Crippen MR) is 128 cm³/mol. The van der Waals surface area contributed by atoms with E-state index in [2.05, 4.69) is 38.6 Å². The summed E-state index contributed by atoms with van der Waals surface area (Å²) in [6, 6.07) is 12.3. The first-order chi connectivity index (χ1) is 15.8. The van der Waals surface area contributed by atoms with Gasteiger partial charge in [-0.3, -0.25) is 9.89 Å². The van der Waals surface area contributed by atoms with E-state index in [0.717, 1.165) is 43.0 Å². The molecule has 2 fully saturated rings. The molecule has 4 rings (SSSR count). The number of hydrogen-bond donors (Lipinski definition) is 2.